The number of amides is 1. The first-order valence-corrected chi connectivity index (χ1v) is 9.40. The van der Waals surface area contributed by atoms with Gasteiger partial charge in [0.15, 0.2) is 5.82 Å². The van der Waals surface area contributed by atoms with E-state index in [1.54, 1.807) is 0 Å². The summed E-state index contributed by atoms with van der Waals surface area (Å²) in [6.45, 7) is 1.12. The summed E-state index contributed by atoms with van der Waals surface area (Å²) in [4.78, 5) is 16.4. The van der Waals surface area contributed by atoms with Crippen molar-refractivity contribution in [1.82, 2.24) is 15.5 Å². The molecule has 0 spiro atoms. The summed E-state index contributed by atoms with van der Waals surface area (Å²) in [5.74, 6) is -3.28. The maximum Gasteiger partial charge on any atom is 0.433 e. The Hall–Kier alpha value is -3.18. The standard InChI is InChI=1S/C19H12Cl2F5N5O/c1-8-15(19(24,25)26)30-31-16(8)28-18(27-12-6-10(20)5-11(22)7-12)29-17(32)9-2-3-13(21)14(23)4-9/h2-7H,1H3,(H3,27,28,29,30,31,32). The third-order valence-electron chi connectivity index (χ3n) is 4.02. The smallest absolute Gasteiger partial charge is 0.325 e. The van der Waals surface area contributed by atoms with Crippen molar-refractivity contribution in [2.45, 2.75) is 13.1 Å². The van der Waals surface area contributed by atoms with Gasteiger partial charge < -0.3 is 5.32 Å². The van der Waals surface area contributed by atoms with Crippen molar-refractivity contribution in [2.75, 3.05) is 5.32 Å². The van der Waals surface area contributed by atoms with Crippen LogP contribution in [0.2, 0.25) is 10.0 Å². The second kappa shape index (κ2) is 9.13. The highest BCUT2D eigenvalue weighted by Gasteiger charge is 2.36. The van der Waals surface area contributed by atoms with Gasteiger partial charge in [-0.15, -0.1) is 0 Å². The maximum absolute atomic E-state index is 13.7. The number of hydrogen-bond acceptors (Lipinski definition) is 3. The molecule has 0 unspecified atom stereocenters. The Morgan fingerprint density at radius 1 is 1.12 bits per heavy atom. The highest BCUT2D eigenvalue weighted by molar-refractivity contribution is 6.31. The normalized spacial score (nSPS) is 12.1. The summed E-state index contributed by atoms with van der Waals surface area (Å²) < 4.78 is 66.4. The van der Waals surface area contributed by atoms with Crippen molar-refractivity contribution in [2.24, 2.45) is 4.99 Å². The molecule has 0 atom stereocenters. The molecule has 0 saturated heterocycles. The van der Waals surface area contributed by atoms with Crippen molar-refractivity contribution in [3.63, 3.8) is 0 Å². The van der Waals surface area contributed by atoms with E-state index in [1.807, 2.05) is 5.10 Å². The molecule has 0 bridgehead atoms. The number of hydrogen-bond donors (Lipinski definition) is 3. The predicted octanol–water partition coefficient (Wildman–Crippen LogP) is 5.85. The molecule has 1 heterocycles. The molecule has 0 aliphatic rings. The number of aliphatic imine (C=N–C) groups is 1. The van der Waals surface area contributed by atoms with Crippen LogP contribution in [0.25, 0.3) is 0 Å². The molecular formula is C19H12Cl2F5N5O. The van der Waals surface area contributed by atoms with E-state index < -0.39 is 41.2 Å². The monoisotopic (exact) mass is 491 g/mol. The first kappa shape index (κ1) is 23.5. The van der Waals surface area contributed by atoms with E-state index in [-0.39, 0.29) is 26.9 Å². The van der Waals surface area contributed by atoms with Gasteiger partial charge in [0.05, 0.1) is 5.02 Å². The maximum atomic E-state index is 13.7. The Kier molecular flexibility index (Phi) is 6.70. The van der Waals surface area contributed by atoms with Crippen LogP contribution in [0, 0.1) is 18.6 Å². The number of alkyl halides is 3. The minimum absolute atomic E-state index is 0.00764. The largest absolute Gasteiger partial charge is 0.433 e. The van der Waals surface area contributed by atoms with Crippen molar-refractivity contribution in [1.29, 1.82) is 0 Å². The first-order valence-electron chi connectivity index (χ1n) is 8.64. The number of anilines is 1. The third kappa shape index (κ3) is 5.54. The second-order valence-corrected chi connectivity index (χ2v) is 7.22. The number of nitrogens with zero attached hydrogens (tertiary/aromatic N) is 2. The fourth-order valence-electron chi connectivity index (χ4n) is 2.55. The van der Waals surface area contributed by atoms with E-state index in [1.165, 1.54) is 12.1 Å². The molecule has 0 radical (unpaired) electrons. The summed E-state index contributed by atoms with van der Waals surface area (Å²) in [6, 6.07) is 6.54. The van der Waals surface area contributed by atoms with Crippen LogP contribution < -0.4 is 10.6 Å². The lowest BCUT2D eigenvalue weighted by Crippen LogP contribution is -2.36. The highest BCUT2D eigenvalue weighted by Crippen LogP contribution is 2.33. The summed E-state index contributed by atoms with van der Waals surface area (Å²) in [7, 11) is 0. The Morgan fingerprint density at radius 2 is 1.84 bits per heavy atom. The average Bonchev–Trinajstić information content (AvgIpc) is 3.03. The molecule has 1 aromatic heterocycles. The zero-order valence-electron chi connectivity index (χ0n) is 15.9. The molecule has 168 valence electrons. The van der Waals surface area contributed by atoms with Gasteiger partial charge in [0.25, 0.3) is 5.91 Å². The average molecular weight is 492 g/mol. The molecule has 0 saturated carbocycles. The molecule has 0 aliphatic heterocycles. The van der Waals surface area contributed by atoms with Crippen LogP contribution in [0.4, 0.5) is 33.5 Å². The van der Waals surface area contributed by atoms with Gasteiger partial charge >= 0.3 is 6.18 Å². The molecule has 0 fully saturated rings. The number of rotatable bonds is 3. The SMILES string of the molecule is Cc1c(N=C(NC(=O)c2ccc(Cl)c(F)c2)Nc2cc(F)cc(Cl)c2)n[nH]c1C(F)(F)F. The Bertz CT molecular complexity index is 1190. The second-order valence-electron chi connectivity index (χ2n) is 6.37. The van der Waals surface area contributed by atoms with Crippen LogP contribution in [0.3, 0.4) is 0 Å². The van der Waals surface area contributed by atoms with Crippen molar-refractivity contribution in [3.8, 4) is 0 Å². The van der Waals surface area contributed by atoms with Crippen LogP contribution in [0.15, 0.2) is 41.4 Å². The van der Waals surface area contributed by atoms with Gasteiger partial charge in [0, 0.05) is 21.8 Å². The van der Waals surface area contributed by atoms with E-state index in [2.05, 4.69) is 20.7 Å². The Labute approximate surface area is 187 Å². The van der Waals surface area contributed by atoms with Crippen LogP contribution >= 0.6 is 23.2 Å². The lowest BCUT2D eigenvalue weighted by Gasteiger charge is -2.12. The molecule has 13 heteroatoms. The number of nitrogens with one attached hydrogen (secondary N) is 3. The van der Waals surface area contributed by atoms with Gasteiger partial charge in [0.1, 0.15) is 17.3 Å². The number of H-pyrrole nitrogens is 1. The molecule has 6 nitrogen and oxygen atoms in total. The highest BCUT2D eigenvalue weighted by atomic mass is 35.5. The predicted molar refractivity (Wildman–Crippen MR) is 109 cm³/mol. The lowest BCUT2D eigenvalue weighted by molar-refractivity contribution is -0.141. The van der Waals surface area contributed by atoms with Crippen molar-refractivity contribution in [3.05, 3.63) is 74.9 Å². The topological polar surface area (TPSA) is 82.2 Å². The zero-order chi connectivity index (χ0) is 23.6. The van der Waals surface area contributed by atoms with Gasteiger partial charge in [-0.1, -0.05) is 23.2 Å². The molecular weight excluding hydrogens is 480 g/mol. The Balaban J connectivity index is 1.99. The van der Waals surface area contributed by atoms with Gasteiger partial charge in [0.2, 0.25) is 5.96 Å². The number of aromatic amines is 1. The summed E-state index contributed by atoms with van der Waals surface area (Å²) in [5.41, 5.74) is -1.61. The quantitative estimate of drug-likeness (QED) is 0.244. The number of carbonyl (C=O) groups excluding carboxylic acids is 1. The van der Waals surface area contributed by atoms with E-state index in [0.29, 0.717) is 0 Å². The van der Waals surface area contributed by atoms with Crippen LogP contribution in [-0.2, 0) is 6.18 Å². The third-order valence-corrected chi connectivity index (χ3v) is 4.55. The number of benzene rings is 2. The number of carbonyl (C=O) groups is 1. The molecule has 2 aromatic carbocycles. The van der Waals surface area contributed by atoms with Crippen LogP contribution in [-0.4, -0.2) is 22.1 Å². The number of guanidine groups is 1. The van der Waals surface area contributed by atoms with E-state index in [0.717, 1.165) is 31.2 Å². The Morgan fingerprint density at radius 3 is 2.44 bits per heavy atom. The minimum Gasteiger partial charge on any atom is -0.325 e. The van der Waals surface area contributed by atoms with Crippen LogP contribution in [0.1, 0.15) is 21.6 Å². The molecule has 3 rings (SSSR count). The molecule has 3 N–H and O–H groups in total. The lowest BCUT2D eigenvalue weighted by atomic mass is 10.2. The molecule has 3 aromatic rings. The van der Waals surface area contributed by atoms with Crippen molar-refractivity contribution >= 4 is 46.6 Å². The first-order chi connectivity index (χ1) is 14.9. The van der Waals surface area contributed by atoms with E-state index >= 15 is 0 Å². The van der Waals surface area contributed by atoms with Gasteiger partial charge in [-0.3, -0.25) is 15.2 Å². The fraction of sp³-hybridized carbons (Fsp3) is 0.105. The molecule has 0 aliphatic carbocycles. The van der Waals surface area contributed by atoms with Gasteiger partial charge in [-0.05, 0) is 43.3 Å². The van der Waals surface area contributed by atoms with Gasteiger partial charge in [-0.25, -0.2) is 8.78 Å². The van der Waals surface area contributed by atoms with E-state index in [4.69, 9.17) is 23.2 Å². The molecule has 32 heavy (non-hydrogen) atoms. The number of halogens is 7. The van der Waals surface area contributed by atoms with E-state index in [9.17, 15) is 26.7 Å². The summed E-state index contributed by atoms with van der Waals surface area (Å²) in [6.07, 6.45) is -4.71. The van der Waals surface area contributed by atoms with Crippen LogP contribution in [0.5, 0.6) is 0 Å². The fourth-order valence-corrected chi connectivity index (χ4v) is 2.89. The summed E-state index contributed by atoms with van der Waals surface area (Å²) in [5, 5.41) is 9.96. The molecule has 1 amide bonds. The van der Waals surface area contributed by atoms with Gasteiger partial charge in [-0.2, -0.15) is 23.3 Å². The summed E-state index contributed by atoms with van der Waals surface area (Å²) >= 11 is 11.4. The zero-order valence-corrected chi connectivity index (χ0v) is 17.4. The minimum atomic E-state index is -4.71. The van der Waals surface area contributed by atoms with Crippen molar-refractivity contribution < 1.29 is 26.7 Å². The number of aromatic nitrogens is 2.